The van der Waals surface area contributed by atoms with Crippen LogP contribution in [0.4, 0.5) is 0 Å². The third kappa shape index (κ3) is 1.90. The average Bonchev–Trinajstić information content (AvgIpc) is 2.68. The summed E-state index contributed by atoms with van der Waals surface area (Å²) in [6.07, 6.45) is 3.31. The summed E-state index contributed by atoms with van der Waals surface area (Å²) in [6.45, 7) is 0.479. The number of ether oxygens (including phenoxy) is 2. The predicted molar refractivity (Wildman–Crippen MR) is 48.0 cm³/mol. The van der Waals surface area contributed by atoms with E-state index < -0.39 is 0 Å². The second kappa shape index (κ2) is 4.18. The summed E-state index contributed by atoms with van der Waals surface area (Å²) in [4.78, 5) is 3.98. The highest BCUT2D eigenvalue weighted by Gasteiger charge is 2.26. The Balaban J connectivity index is 2.00. The monoisotopic (exact) mass is 190 g/mol. The molecule has 14 heavy (non-hydrogen) atoms. The van der Waals surface area contributed by atoms with Gasteiger partial charge in [-0.2, -0.15) is 5.26 Å². The molecule has 1 aromatic rings. The molecule has 0 amide bonds. The number of rotatable bonds is 2. The van der Waals surface area contributed by atoms with Crippen LogP contribution < -0.4 is 0 Å². The molecule has 1 fully saturated rings. The Labute approximate surface area is 82.1 Å². The van der Waals surface area contributed by atoms with Crippen molar-refractivity contribution in [3.8, 4) is 6.07 Å². The predicted octanol–water partition coefficient (Wildman–Crippen LogP) is 1.41. The summed E-state index contributed by atoms with van der Waals surface area (Å²) in [5.41, 5.74) is 0.896. The number of aromatic nitrogens is 1. The van der Waals surface area contributed by atoms with Gasteiger partial charge in [0.2, 0.25) is 0 Å². The summed E-state index contributed by atoms with van der Waals surface area (Å²) >= 11 is 0. The van der Waals surface area contributed by atoms with Crippen LogP contribution in [0, 0.1) is 11.3 Å². The molecule has 4 nitrogen and oxygen atoms in total. The maximum Gasteiger partial charge on any atom is 0.185 e. The van der Waals surface area contributed by atoms with Gasteiger partial charge in [-0.15, -0.1) is 0 Å². The van der Waals surface area contributed by atoms with Crippen LogP contribution in [0.25, 0.3) is 0 Å². The Kier molecular flexibility index (Phi) is 2.73. The molecule has 2 heterocycles. The molecule has 1 aromatic heterocycles. The molecule has 0 radical (unpaired) electrons. The van der Waals surface area contributed by atoms with Crippen molar-refractivity contribution in [3.63, 3.8) is 0 Å². The minimum Gasteiger partial charge on any atom is -0.346 e. The van der Waals surface area contributed by atoms with Crippen LogP contribution in [-0.4, -0.2) is 17.7 Å². The third-order valence-electron chi connectivity index (χ3n) is 2.03. The van der Waals surface area contributed by atoms with Gasteiger partial charge in [0, 0.05) is 18.0 Å². The summed E-state index contributed by atoms with van der Waals surface area (Å²) < 4.78 is 10.9. The van der Waals surface area contributed by atoms with Crippen LogP contribution in [0.1, 0.15) is 18.3 Å². The van der Waals surface area contributed by atoms with Crippen molar-refractivity contribution in [2.24, 2.45) is 0 Å². The number of pyridine rings is 1. The molecule has 0 bridgehead atoms. The van der Waals surface area contributed by atoms with E-state index >= 15 is 0 Å². The van der Waals surface area contributed by atoms with E-state index in [0.29, 0.717) is 13.0 Å². The normalized spacial score (nSPS) is 25.9. The largest absolute Gasteiger partial charge is 0.346 e. The van der Waals surface area contributed by atoms with Gasteiger partial charge in [-0.1, -0.05) is 6.07 Å². The molecular weight excluding hydrogens is 180 g/mol. The first-order valence-electron chi connectivity index (χ1n) is 4.44. The zero-order valence-electron chi connectivity index (χ0n) is 7.59. The minimum atomic E-state index is -0.359. The molecule has 0 N–H and O–H groups in total. The van der Waals surface area contributed by atoms with Crippen LogP contribution >= 0.6 is 0 Å². The third-order valence-corrected chi connectivity index (χ3v) is 2.03. The second-order valence-electron chi connectivity index (χ2n) is 3.07. The van der Waals surface area contributed by atoms with Gasteiger partial charge >= 0.3 is 0 Å². The Bertz CT molecular complexity index is 334. The molecule has 72 valence electrons. The maximum atomic E-state index is 8.49. The van der Waals surface area contributed by atoms with Crippen LogP contribution in [0.3, 0.4) is 0 Å². The first kappa shape index (κ1) is 9.13. The lowest BCUT2D eigenvalue weighted by Crippen LogP contribution is -2.07. The fraction of sp³-hybridized carbons (Fsp3) is 0.400. The van der Waals surface area contributed by atoms with Gasteiger partial charge in [0.25, 0.3) is 0 Å². The van der Waals surface area contributed by atoms with E-state index in [0.717, 1.165) is 5.56 Å². The molecule has 4 heteroatoms. The van der Waals surface area contributed by atoms with Gasteiger partial charge < -0.3 is 9.47 Å². The molecule has 0 aliphatic carbocycles. The van der Waals surface area contributed by atoms with Crippen molar-refractivity contribution in [1.29, 1.82) is 5.26 Å². The molecule has 2 atom stereocenters. The number of nitriles is 1. The first-order valence-corrected chi connectivity index (χ1v) is 4.44. The Morgan fingerprint density at radius 2 is 2.57 bits per heavy atom. The molecule has 0 saturated carbocycles. The van der Waals surface area contributed by atoms with E-state index in [4.69, 9.17) is 14.7 Å². The van der Waals surface area contributed by atoms with Crippen LogP contribution in [-0.2, 0) is 9.47 Å². The lowest BCUT2D eigenvalue weighted by atomic mass is 10.3. The second-order valence-corrected chi connectivity index (χ2v) is 3.07. The molecule has 1 saturated heterocycles. The van der Waals surface area contributed by atoms with Crippen molar-refractivity contribution in [3.05, 3.63) is 30.1 Å². The fourth-order valence-corrected chi connectivity index (χ4v) is 1.35. The molecule has 1 aliphatic rings. The zero-order chi connectivity index (χ0) is 9.80. The highest BCUT2D eigenvalue weighted by atomic mass is 16.7. The fourth-order valence-electron chi connectivity index (χ4n) is 1.35. The lowest BCUT2D eigenvalue weighted by Gasteiger charge is -2.08. The van der Waals surface area contributed by atoms with E-state index in [1.165, 1.54) is 0 Å². The molecule has 0 aromatic carbocycles. The molecular formula is C10H10N2O2. The topological polar surface area (TPSA) is 55.1 Å². The zero-order valence-corrected chi connectivity index (χ0v) is 7.59. The number of nitrogens with zero attached hydrogens (tertiary/aromatic N) is 2. The van der Waals surface area contributed by atoms with Crippen molar-refractivity contribution in [2.45, 2.75) is 18.8 Å². The van der Waals surface area contributed by atoms with Crippen molar-refractivity contribution < 1.29 is 9.47 Å². The quantitative estimate of drug-likeness (QED) is 0.707. The van der Waals surface area contributed by atoms with E-state index in [1.54, 1.807) is 12.4 Å². The van der Waals surface area contributed by atoms with Gasteiger partial charge in [0.1, 0.15) is 0 Å². The van der Waals surface area contributed by atoms with E-state index in [1.807, 2.05) is 12.1 Å². The highest BCUT2D eigenvalue weighted by Crippen LogP contribution is 2.27. The average molecular weight is 190 g/mol. The highest BCUT2D eigenvalue weighted by molar-refractivity contribution is 5.10. The SMILES string of the molecule is N#CCC1COC(c2cccnc2)O1. The molecule has 1 aliphatic heterocycles. The van der Waals surface area contributed by atoms with E-state index in [2.05, 4.69) is 11.1 Å². The van der Waals surface area contributed by atoms with Crippen LogP contribution in [0.2, 0.25) is 0 Å². The summed E-state index contributed by atoms with van der Waals surface area (Å²) in [6, 6.07) is 5.79. The summed E-state index contributed by atoms with van der Waals surface area (Å²) in [5, 5.41) is 8.49. The van der Waals surface area contributed by atoms with Gasteiger partial charge in [-0.05, 0) is 6.07 Å². The van der Waals surface area contributed by atoms with Crippen LogP contribution in [0.15, 0.2) is 24.5 Å². The van der Waals surface area contributed by atoms with E-state index in [-0.39, 0.29) is 12.4 Å². The lowest BCUT2D eigenvalue weighted by molar-refractivity contribution is -0.0594. The minimum absolute atomic E-state index is 0.106. The summed E-state index contributed by atoms with van der Waals surface area (Å²) in [7, 11) is 0. The number of hydrogen-bond acceptors (Lipinski definition) is 4. The van der Waals surface area contributed by atoms with Gasteiger partial charge in [0.15, 0.2) is 6.29 Å². The number of hydrogen-bond donors (Lipinski definition) is 0. The first-order chi connectivity index (χ1) is 6.90. The molecule has 0 spiro atoms. The maximum absolute atomic E-state index is 8.49. The Morgan fingerprint density at radius 1 is 1.64 bits per heavy atom. The van der Waals surface area contributed by atoms with Gasteiger partial charge in [-0.25, -0.2) is 0 Å². The molecule has 2 rings (SSSR count). The smallest absolute Gasteiger partial charge is 0.185 e. The van der Waals surface area contributed by atoms with Gasteiger partial charge in [0.05, 0.1) is 25.2 Å². The Morgan fingerprint density at radius 3 is 3.29 bits per heavy atom. The standard InChI is InChI=1S/C10H10N2O2/c11-4-3-9-7-13-10(14-9)8-2-1-5-12-6-8/h1-2,5-6,9-10H,3,7H2. The Hall–Kier alpha value is -1.44. The van der Waals surface area contributed by atoms with Crippen LogP contribution in [0.5, 0.6) is 0 Å². The summed E-state index contributed by atoms with van der Waals surface area (Å²) in [5.74, 6) is 0. The van der Waals surface area contributed by atoms with Crippen molar-refractivity contribution in [1.82, 2.24) is 4.98 Å². The molecule has 2 unspecified atom stereocenters. The van der Waals surface area contributed by atoms with E-state index in [9.17, 15) is 0 Å². The van der Waals surface area contributed by atoms with Crippen molar-refractivity contribution in [2.75, 3.05) is 6.61 Å². The van der Waals surface area contributed by atoms with Gasteiger partial charge in [-0.3, -0.25) is 4.98 Å². The van der Waals surface area contributed by atoms with Crippen molar-refractivity contribution >= 4 is 0 Å².